The fourth-order valence-electron chi connectivity index (χ4n) is 0.411. The summed E-state index contributed by atoms with van der Waals surface area (Å²) in [7, 11) is 1.56. The van der Waals surface area contributed by atoms with Crippen molar-refractivity contribution < 1.29 is 9.47 Å². The van der Waals surface area contributed by atoms with Gasteiger partial charge < -0.3 is 9.47 Å². The van der Waals surface area contributed by atoms with E-state index >= 15 is 0 Å². The smallest absolute Gasteiger partial charge is 0.213 e. The summed E-state index contributed by atoms with van der Waals surface area (Å²) in [5.41, 5.74) is -0.587. The fourth-order valence-corrected chi connectivity index (χ4v) is 0.411. The van der Waals surface area contributed by atoms with Gasteiger partial charge in [-0.05, 0) is 20.8 Å². The van der Waals surface area contributed by atoms with Crippen LogP contribution >= 0.6 is 0 Å². The highest BCUT2D eigenvalue weighted by atomic mass is 16.5. The van der Waals surface area contributed by atoms with E-state index in [9.17, 15) is 0 Å². The third kappa shape index (κ3) is 2.35. The Morgan fingerprint density at radius 3 is 2.30 bits per heavy atom. The van der Waals surface area contributed by atoms with Crippen LogP contribution in [0.5, 0.6) is 0 Å². The van der Waals surface area contributed by atoms with Gasteiger partial charge in [-0.3, -0.25) is 5.41 Å². The summed E-state index contributed by atoms with van der Waals surface area (Å²) in [5, 5.41) is 7.34. The molecule has 60 valence electrons. The van der Waals surface area contributed by atoms with Crippen molar-refractivity contribution in [3.8, 4) is 0 Å². The molecule has 0 amide bonds. The van der Waals surface area contributed by atoms with Crippen LogP contribution in [0.1, 0.15) is 20.8 Å². The van der Waals surface area contributed by atoms with Crippen LogP contribution < -0.4 is 0 Å². The lowest BCUT2D eigenvalue weighted by Gasteiger charge is -2.22. The van der Waals surface area contributed by atoms with Crippen molar-refractivity contribution in [2.24, 2.45) is 0 Å². The molecule has 0 saturated carbocycles. The van der Waals surface area contributed by atoms with Crippen LogP contribution in [0.25, 0.3) is 0 Å². The molecule has 0 spiro atoms. The maximum absolute atomic E-state index is 7.34. The highest BCUT2D eigenvalue weighted by Gasteiger charge is 2.23. The summed E-state index contributed by atoms with van der Waals surface area (Å²) in [4.78, 5) is 0. The van der Waals surface area contributed by atoms with Crippen molar-refractivity contribution in [3.63, 3.8) is 0 Å². The molecule has 0 aromatic carbocycles. The molecule has 0 bridgehead atoms. The van der Waals surface area contributed by atoms with Crippen molar-refractivity contribution in [3.05, 3.63) is 0 Å². The van der Waals surface area contributed by atoms with E-state index < -0.39 is 5.60 Å². The zero-order valence-corrected chi connectivity index (χ0v) is 7.02. The molecule has 0 aromatic heterocycles. The predicted molar refractivity (Wildman–Crippen MR) is 40.4 cm³/mol. The van der Waals surface area contributed by atoms with Gasteiger partial charge in [-0.1, -0.05) is 0 Å². The first-order chi connectivity index (χ1) is 4.54. The van der Waals surface area contributed by atoms with Crippen LogP contribution in [0, 0.1) is 5.41 Å². The van der Waals surface area contributed by atoms with Gasteiger partial charge in [0.05, 0.1) is 6.61 Å². The van der Waals surface area contributed by atoms with Gasteiger partial charge >= 0.3 is 0 Å². The maximum atomic E-state index is 7.34. The number of methoxy groups -OCH3 is 1. The molecule has 0 aliphatic heterocycles. The van der Waals surface area contributed by atoms with Gasteiger partial charge in [0, 0.05) is 7.11 Å². The zero-order chi connectivity index (χ0) is 8.20. The molecule has 10 heavy (non-hydrogen) atoms. The van der Waals surface area contributed by atoms with Crippen LogP contribution in [-0.2, 0) is 9.47 Å². The SMILES string of the molecule is CCOC(=N)C(C)(C)OC. The summed E-state index contributed by atoms with van der Waals surface area (Å²) in [6.45, 7) is 5.96. The van der Waals surface area contributed by atoms with Gasteiger partial charge in [0.1, 0.15) is 5.60 Å². The van der Waals surface area contributed by atoms with E-state index in [0.717, 1.165) is 0 Å². The van der Waals surface area contributed by atoms with Crippen LogP contribution in [0.3, 0.4) is 0 Å². The monoisotopic (exact) mass is 145 g/mol. The molecule has 0 saturated heterocycles. The van der Waals surface area contributed by atoms with E-state index in [1.54, 1.807) is 21.0 Å². The first-order valence-corrected chi connectivity index (χ1v) is 3.31. The zero-order valence-electron chi connectivity index (χ0n) is 7.02. The molecule has 3 heteroatoms. The van der Waals surface area contributed by atoms with E-state index in [4.69, 9.17) is 14.9 Å². The van der Waals surface area contributed by atoms with Crippen molar-refractivity contribution >= 4 is 5.90 Å². The minimum absolute atomic E-state index is 0.178. The normalized spacial score (nSPS) is 11.2. The van der Waals surface area contributed by atoms with Crippen LogP contribution in [0.4, 0.5) is 0 Å². The van der Waals surface area contributed by atoms with Crippen LogP contribution in [0.15, 0.2) is 0 Å². The van der Waals surface area contributed by atoms with Crippen LogP contribution in [-0.4, -0.2) is 25.2 Å². The Hall–Kier alpha value is -0.570. The Labute approximate surface area is 61.8 Å². The lowest BCUT2D eigenvalue weighted by molar-refractivity contribution is 0.0571. The molecule has 0 unspecified atom stereocenters. The highest BCUT2D eigenvalue weighted by Crippen LogP contribution is 2.09. The molecule has 0 radical (unpaired) electrons. The Morgan fingerprint density at radius 1 is 1.50 bits per heavy atom. The average Bonchev–Trinajstić information content (AvgIpc) is 1.89. The molecule has 0 aliphatic carbocycles. The molecule has 0 heterocycles. The molecule has 0 aliphatic rings. The number of nitrogens with one attached hydrogen (secondary N) is 1. The molecule has 3 nitrogen and oxygen atoms in total. The topological polar surface area (TPSA) is 42.3 Å². The van der Waals surface area contributed by atoms with Crippen LogP contribution in [0.2, 0.25) is 0 Å². The van der Waals surface area contributed by atoms with Crippen molar-refractivity contribution in [1.29, 1.82) is 5.41 Å². The van der Waals surface area contributed by atoms with Gasteiger partial charge in [-0.2, -0.15) is 0 Å². The second kappa shape index (κ2) is 3.56. The first-order valence-electron chi connectivity index (χ1n) is 3.31. The first kappa shape index (κ1) is 9.43. The van der Waals surface area contributed by atoms with Crippen molar-refractivity contribution in [2.75, 3.05) is 13.7 Å². The van der Waals surface area contributed by atoms with Gasteiger partial charge in [-0.15, -0.1) is 0 Å². The summed E-state index contributed by atoms with van der Waals surface area (Å²) in [5.74, 6) is 0.178. The minimum Gasteiger partial charge on any atom is -0.479 e. The predicted octanol–water partition coefficient (Wildman–Crippen LogP) is 1.43. The van der Waals surface area contributed by atoms with Gasteiger partial charge in [0.15, 0.2) is 0 Å². The second-order valence-corrected chi connectivity index (χ2v) is 2.48. The summed E-state index contributed by atoms with van der Waals surface area (Å²) < 4.78 is 9.96. The highest BCUT2D eigenvalue weighted by molar-refractivity contribution is 5.81. The van der Waals surface area contributed by atoms with E-state index in [2.05, 4.69) is 0 Å². The average molecular weight is 145 g/mol. The Morgan fingerprint density at radius 2 is 2.00 bits per heavy atom. The van der Waals surface area contributed by atoms with E-state index in [0.29, 0.717) is 6.61 Å². The summed E-state index contributed by atoms with van der Waals surface area (Å²) >= 11 is 0. The van der Waals surface area contributed by atoms with Crippen molar-refractivity contribution in [2.45, 2.75) is 26.4 Å². The van der Waals surface area contributed by atoms with Gasteiger partial charge in [0.25, 0.3) is 0 Å². The molecule has 0 rings (SSSR count). The minimum atomic E-state index is -0.587. The molecular formula is C7H15NO2. The lowest BCUT2D eigenvalue weighted by Crippen LogP contribution is -2.34. The number of hydrogen-bond donors (Lipinski definition) is 1. The Bertz CT molecular complexity index is 121. The quantitative estimate of drug-likeness (QED) is 0.482. The molecular weight excluding hydrogens is 130 g/mol. The van der Waals surface area contributed by atoms with Gasteiger partial charge in [-0.25, -0.2) is 0 Å². The Kier molecular flexibility index (Phi) is 3.36. The number of ether oxygens (including phenoxy) is 2. The largest absolute Gasteiger partial charge is 0.479 e. The standard InChI is InChI=1S/C7H15NO2/c1-5-10-6(8)7(2,3)9-4/h8H,5H2,1-4H3. The summed E-state index contributed by atoms with van der Waals surface area (Å²) in [6.07, 6.45) is 0. The maximum Gasteiger partial charge on any atom is 0.213 e. The fraction of sp³-hybridized carbons (Fsp3) is 0.857. The second-order valence-electron chi connectivity index (χ2n) is 2.48. The van der Waals surface area contributed by atoms with E-state index in [1.165, 1.54) is 0 Å². The molecule has 0 fully saturated rings. The third-order valence-electron chi connectivity index (χ3n) is 1.35. The molecule has 0 aromatic rings. The van der Waals surface area contributed by atoms with E-state index in [1.807, 2.05) is 6.92 Å². The number of rotatable bonds is 3. The number of hydrogen-bond acceptors (Lipinski definition) is 3. The third-order valence-corrected chi connectivity index (χ3v) is 1.35. The lowest BCUT2D eigenvalue weighted by atomic mass is 10.1. The molecule has 0 atom stereocenters. The Balaban J connectivity index is 3.91. The molecule has 1 N–H and O–H groups in total. The van der Waals surface area contributed by atoms with E-state index in [-0.39, 0.29) is 5.90 Å². The van der Waals surface area contributed by atoms with Gasteiger partial charge in [0.2, 0.25) is 5.90 Å². The summed E-state index contributed by atoms with van der Waals surface area (Å²) in [6, 6.07) is 0. The van der Waals surface area contributed by atoms with Crippen molar-refractivity contribution in [1.82, 2.24) is 0 Å².